The number of carbonyl (C=O) groups excluding carboxylic acids is 1. The smallest absolute Gasteiger partial charge is 0.287 e. The van der Waals surface area contributed by atoms with Gasteiger partial charge in [0, 0.05) is 12.1 Å². The molecule has 1 atom stereocenters. The fourth-order valence-electron chi connectivity index (χ4n) is 3.97. The van der Waals surface area contributed by atoms with E-state index < -0.39 is 6.04 Å². The van der Waals surface area contributed by atoms with Crippen LogP contribution in [0.15, 0.2) is 30.3 Å². The Labute approximate surface area is 159 Å². The topological polar surface area (TPSA) is 56.8 Å². The predicted molar refractivity (Wildman–Crippen MR) is 102 cm³/mol. The molecule has 1 amide bonds. The number of rotatable bonds is 3. The Morgan fingerprint density at radius 2 is 1.96 bits per heavy atom. The number of amides is 1. The maximum atomic E-state index is 13.3. The first-order valence-corrected chi connectivity index (χ1v) is 9.10. The molecule has 2 aliphatic heterocycles. The van der Waals surface area contributed by atoms with Crippen molar-refractivity contribution in [3.05, 3.63) is 47.0 Å². The van der Waals surface area contributed by atoms with E-state index in [4.69, 9.17) is 14.2 Å². The van der Waals surface area contributed by atoms with E-state index in [1.165, 1.54) is 0 Å². The average Bonchev–Trinajstić information content (AvgIpc) is 3.09. The Kier molecular flexibility index (Phi) is 4.23. The summed E-state index contributed by atoms with van der Waals surface area (Å²) >= 11 is 0. The third-order valence-electron chi connectivity index (χ3n) is 5.45. The van der Waals surface area contributed by atoms with Gasteiger partial charge < -0.3 is 24.0 Å². The Bertz CT molecular complexity index is 890. The maximum absolute atomic E-state index is 13.3. The van der Waals surface area contributed by atoms with Crippen molar-refractivity contribution < 1.29 is 23.5 Å². The molecule has 4 rings (SSSR count). The summed E-state index contributed by atoms with van der Waals surface area (Å²) in [5, 5.41) is 3.07. The van der Waals surface area contributed by atoms with Gasteiger partial charge in [-0.25, -0.2) is 0 Å². The number of quaternary nitrogens is 1. The number of benzene rings is 2. The number of ether oxygens (including phenoxy) is 3. The van der Waals surface area contributed by atoms with Crippen LogP contribution in [-0.2, 0) is 11.2 Å². The number of hydrogen-bond acceptors (Lipinski definition) is 4. The van der Waals surface area contributed by atoms with Gasteiger partial charge in [0.25, 0.3) is 5.91 Å². The van der Waals surface area contributed by atoms with Gasteiger partial charge >= 0.3 is 0 Å². The molecule has 0 aliphatic carbocycles. The van der Waals surface area contributed by atoms with Crippen LogP contribution in [0.2, 0.25) is 0 Å². The molecule has 2 aromatic carbocycles. The lowest BCUT2D eigenvalue weighted by Gasteiger charge is -2.42. The molecule has 0 saturated heterocycles. The Balaban J connectivity index is 1.78. The van der Waals surface area contributed by atoms with Gasteiger partial charge in [0.15, 0.2) is 17.5 Å². The fourth-order valence-corrected chi connectivity index (χ4v) is 3.97. The summed E-state index contributed by atoms with van der Waals surface area (Å²) in [6, 6.07) is 9.42. The molecule has 6 nitrogen and oxygen atoms in total. The van der Waals surface area contributed by atoms with Gasteiger partial charge in [0.1, 0.15) is 0 Å². The Hall–Kier alpha value is -2.73. The summed E-state index contributed by atoms with van der Waals surface area (Å²) in [4.78, 5) is 13.3. The Morgan fingerprint density at radius 1 is 1.22 bits per heavy atom. The quantitative estimate of drug-likeness (QED) is 0.845. The first-order valence-electron chi connectivity index (χ1n) is 9.10. The van der Waals surface area contributed by atoms with Gasteiger partial charge in [-0.3, -0.25) is 4.79 Å². The molecule has 2 aromatic rings. The highest BCUT2D eigenvalue weighted by Crippen LogP contribution is 2.50. The normalized spacial score (nSPS) is 19.3. The van der Waals surface area contributed by atoms with E-state index in [2.05, 4.69) is 19.4 Å². The Morgan fingerprint density at radius 3 is 2.67 bits per heavy atom. The first kappa shape index (κ1) is 17.7. The second-order valence-corrected chi connectivity index (χ2v) is 7.73. The zero-order valence-corrected chi connectivity index (χ0v) is 16.2. The van der Waals surface area contributed by atoms with Gasteiger partial charge in [-0.15, -0.1) is 0 Å². The molecule has 6 heteroatoms. The highest BCUT2D eigenvalue weighted by atomic mass is 16.7. The van der Waals surface area contributed by atoms with Gasteiger partial charge in [-0.05, 0) is 30.7 Å². The number of anilines is 1. The van der Waals surface area contributed by atoms with Crippen molar-refractivity contribution in [2.75, 3.05) is 39.9 Å². The lowest BCUT2D eigenvalue weighted by molar-refractivity contribution is -0.913. The van der Waals surface area contributed by atoms with Crippen molar-refractivity contribution in [1.82, 2.24) is 0 Å². The predicted octanol–water partition coefficient (Wildman–Crippen LogP) is 3.04. The molecule has 27 heavy (non-hydrogen) atoms. The maximum Gasteiger partial charge on any atom is 0.287 e. The van der Waals surface area contributed by atoms with E-state index in [9.17, 15) is 4.79 Å². The van der Waals surface area contributed by atoms with Crippen molar-refractivity contribution in [1.29, 1.82) is 0 Å². The second kappa shape index (κ2) is 6.46. The largest absolute Gasteiger partial charge is 0.492 e. The number of nitrogens with one attached hydrogen (secondary N) is 1. The summed E-state index contributed by atoms with van der Waals surface area (Å²) in [6.45, 7) is 3.05. The summed E-state index contributed by atoms with van der Waals surface area (Å²) in [5.74, 6) is 1.83. The molecule has 0 radical (unpaired) electrons. The SMILES string of the molecule is COc1c2c(cc3c1C(C(=O)Nc1ccc(C)cc1)[N+](C)(C)CC3)OCO2. The second-order valence-electron chi connectivity index (χ2n) is 7.73. The molecule has 0 aromatic heterocycles. The van der Waals surface area contributed by atoms with Crippen molar-refractivity contribution in [2.24, 2.45) is 0 Å². The lowest BCUT2D eigenvalue weighted by atomic mass is 9.88. The zero-order valence-electron chi connectivity index (χ0n) is 16.2. The summed E-state index contributed by atoms with van der Waals surface area (Å²) in [6.07, 6.45) is 0.851. The third kappa shape index (κ3) is 3.00. The van der Waals surface area contributed by atoms with E-state index in [1.807, 2.05) is 37.3 Å². The van der Waals surface area contributed by atoms with E-state index in [0.717, 1.165) is 35.3 Å². The summed E-state index contributed by atoms with van der Waals surface area (Å²) in [5.41, 5.74) is 3.92. The highest BCUT2D eigenvalue weighted by Gasteiger charge is 2.45. The third-order valence-corrected chi connectivity index (χ3v) is 5.45. The van der Waals surface area contributed by atoms with Gasteiger partial charge in [0.05, 0.1) is 33.3 Å². The summed E-state index contributed by atoms with van der Waals surface area (Å²) in [7, 11) is 5.76. The number of carbonyl (C=O) groups is 1. The molecule has 2 heterocycles. The van der Waals surface area contributed by atoms with Crippen molar-refractivity contribution >= 4 is 11.6 Å². The average molecular weight is 369 g/mol. The van der Waals surface area contributed by atoms with Crippen molar-refractivity contribution in [3.63, 3.8) is 0 Å². The molecule has 2 aliphatic rings. The summed E-state index contributed by atoms with van der Waals surface area (Å²) < 4.78 is 17.4. The monoisotopic (exact) mass is 369 g/mol. The van der Waals surface area contributed by atoms with Crippen molar-refractivity contribution in [3.8, 4) is 17.2 Å². The van der Waals surface area contributed by atoms with Crippen LogP contribution in [-0.4, -0.2) is 44.9 Å². The van der Waals surface area contributed by atoms with E-state index in [1.54, 1.807) is 7.11 Å². The van der Waals surface area contributed by atoms with Gasteiger partial charge in [-0.1, -0.05) is 17.7 Å². The number of aryl methyl sites for hydroxylation is 1. The van der Waals surface area contributed by atoms with Crippen LogP contribution in [0.3, 0.4) is 0 Å². The minimum atomic E-state index is -0.403. The standard InChI is InChI=1S/C21H24N2O4/c1-13-5-7-15(8-6-13)22-21(24)18-17-14(9-10-23(18,2)3)11-16-19(20(17)25-4)27-12-26-16/h5-8,11,18H,9-10,12H2,1-4H3/p+1. The zero-order chi connectivity index (χ0) is 19.2. The molecular weight excluding hydrogens is 344 g/mol. The van der Waals surface area contributed by atoms with Gasteiger partial charge in [-0.2, -0.15) is 0 Å². The van der Waals surface area contributed by atoms with E-state index in [0.29, 0.717) is 21.7 Å². The van der Waals surface area contributed by atoms with Crippen molar-refractivity contribution in [2.45, 2.75) is 19.4 Å². The van der Waals surface area contributed by atoms with Crippen LogP contribution in [0, 0.1) is 6.92 Å². The van der Waals surface area contributed by atoms with Crippen LogP contribution >= 0.6 is 0 Å². The minimum absolute atomic E-state index is 0.0537. The number of nitrogens with zero attached hydrogens (tertiary/aromatic N) is 1. The van der Waals surface area contributed by atoms with Crippen LogP contribution in [0.4, 0.5) is 5.69 Å². The van der Waals surface area contributed by atoms with Gasteiger partial charge in [0.2, 0.25) is 12.5 Å². The molecule has 0 fully saturated rings. The fraction of sp³-hybridized carbons (Fsp3) is 0.381. The number of fused-ring (bicyclic) bond motifs is 2. The molecule has 1 unspecified atom stereocenters. The van der Waals surface area contributed by atoms with Crippen LogP contribution in [0.1, 0.15) is 22.7 Å². The lowest BCUT2D eigenvalue weighted by Crippen LogP contribution is -2.52. The van der Waals surface area contributed by atoms with E-state index >= 15 is 0 Å². The molecular formula is C21H25N2O4+. The highest BCUT2D eigenvalue weighted by molar-refractivity contribution is 5.96. The number of methoxy groups -OCH3 is 1. The number of hydrogen-bond donors (Lipinski definition) is 1. The van der Waals surface area contributed by atoms with Crippen LogP contribution < -0.4 is 19.5 Å². The van der Waals surface area contributed by atoms with E-state index in [-0.39, 0.29) is 12.7 Å². The molecule has 0 bridgehead atoms. The molecule has 1 N–H and O–H groups in total. The molecule has 0 spiro atoms. The van der Waals surface area contributed by atoms with Crippen LogP contribution in [0.5, 0.6) is 17.2 Å². The molecule has 0 saturated carbocycles. The molecule has 142 valence electrons. The number of likely N-dealkylation sites (N-methyl/N-ethyl adjacent to an activating group) is 1. The van der Waals surface area contributed by atoms with Crippen LogP contribution in [0.25, 0.3) is 0 Å². The minimum Gasteiger partial charge on any atom is -0.492 e. The first-order chi connectivity index (χ1) is 12.9.